The molecule has 3 N–H and O–H groups in total. The Morgan fingerprint density at radius 1 is 1.27 bits per heavy atom. The van der Waals surface area contributed by atoms with Crippen molar-refractivity contribution in [3.8, 4) is 5.75 Å². The van der Waals surface area contributed by atoms with Crippen molar-refractivity contribution in [1.82, 2.24) is 5.32 Å². The van der Waals surface area contributed by atoms with E-state index in [0.29, 0.717) is 32.3 Å². The number of aliphatic imine (C=N–C) groups is 1. The number of halogens is 1. The minimum Gasteiger partial charge on any atom is -0.491 e. The third-order valence-corrected chi connectivity index (χ3v) is 4.53. The fourth-order valence-electron chi connectivity index (χ4n) is 2.28. The maximum absolute atomic E-state index is 5.96. The van der Waals surface area contributed by atoms with E-state index in [9.17, 15) is 0 Å². The van der Waals surface area contributed by atoms with Crippen molar-refractivity contribution in [3.05, 3.63) is 51.7 Å². The number of nitrogens with two attached hydrogens (primary N) is 1. The average molecular weight is 489 g/mol. The lowest BCUT2D eigenvalue weighted by atomic mass is 10.1. The zero-order chi connectivity index (χ0) is 17.9. The molecular weight excluding hydrogens is 461 g/mol. The second-order valence-corrected chi connectivity index (χ2v) is 6.65. The Morgan fingerprint density at radius 3 is 2.85 bits per heavy atom. The molecule has 2 rings (SSSR count). The summed E-state index contributed by atoms with van der Waals surface area (Å²) in [6.45, 7) is 7.09. The van der Waals surface area contributed by atoms with E-state index in [2.05, 4.69) is 33.9 Å². The first kappa shape index (κ1) is 22.7. The van der Waals surface area contributed by atoms with Gasteiger partial charge in [0.1, 0.15) is 12.4 Å². The van der Waals surface area contributed by atoms with E-state index in [4.69, 9.17) is 15.2 Å². The van der Waals surface area contributed by atoms with Crippen LogP contribution in [0.2, 0.25) is 0 Å². The molecule has 0 atom stereocenters. The van der Waals surface area contributed by atoms with Gasteiger partial charge in [0.15, 0.2) is 5.96 Å². The lowest BCUT2D eigenvalue weighted by Gasteiger charge is -2.12. The van der Waals surface area contributed by atoms with E-state index in [1.165, 1.54) is 4.88 Å². The summed E-state index contributed by atoms with van der Waals surface area (Å²) >= 11 is 1.75. The smallest absolute Gasteiger partial charge is 0.188 e. The highest BCUT2D eigenvalue weighted by molar-refractivity contribution is 14.0. The van der Waals surface area contributed by atoms with Crippen LogP contribution >= 0.6 is 35.3 Å². The molecule has 1 heterocycles. The molecule has 2 aromatic rings. The molecule has 0 aliphatic carbocycles. The third-order valence-electron chi connectivity index (χ3n) is 3.59. The predicted molar refractivity (Wildman–Crippen MR) is 120 cm³/mol. The maximum atomic E-state index is 5.96. The van der Waals surface area contributed by atoms with Crippen LogP contribution in [0.25, 0.3) is 0 Å². The SMILES string of the molecule is CCOCCOc1cc(C)ccc1CN=C(N)NCCc1cccs1.I. The number of nitrogens with zero attached hydrogens (tertiary/aromatic N) is 1. The van der Waals surface area contributed by atoms with E-state index >= 15 is 0 Å². The van der Waals surface area contributed by atoms with Gasteiger partial charge in [0.2, 0.25) is 0 Å². The molecule has 0 saturated heterocycles. The van der Waals surface area contributed by atoms with Gasteiger partial charge in [-0.1, -0.05) is 18.2 Å². The van der Waals surface area contributed by atoms with Crippen molar-refractivity contribution < 1.29 is 9.47 Å². The van der Waals surface area contributed by atoms with Gasteiger partial charge < -0.3 is 20.5 Å². The topological polar surface area (TPSA) is 68.9 Å². The fraction of sp³-hybridized carbons (Fsp3) is 0.421. The Labute approximate surface area is 177 Å². The first-order valence-electron chi connectivity index (χ1n) is 8.55. The molecule has 1 aromatic carbocycles. The van der Waals surface area contributed by atoms with Gasteiger partial charge in [0, 0.05) is 23.6 Å². The van der Waals surface area contributed by atoms with Crippen LogP contribution in [-0.4, -0.2) is 32.3 Å². The van der Waals surface area contributed by atoms with Crippen molar-refractivity contribution in [2.24, 2.45) is 10.7 Å². The Hall–Kier alpha value is -1.32. The first-order valence-corrected chi connectivity index (χ1v) is 9.43. The van der Waals surface area contributed by atoms with Gasteiger partial charge in [-0.3, -0.25) is 0 Å². The molecule has 0 saturated carbocycles. The summed E-state index contributed by atoms with van der Waals surface area (Å²) in [4.78, 5) is 5.76. The van der Waals surface area contributed by atoms with Crippen LogP contribution in [0.1, 0.15) is 22.9 Å². The largest absolute Gasteiger partial charge is 0.491 e. The second kappa shape index (κ2) is 12.9. The molecule has 144 valence electrons. The van der Waals surface area contributed by atoms with E-state index in [1.807, 2.05) is 26.0 Å². The summed E-state index contributed by atoms with van der Waals surface area (Å²) in [7, 11) is 0. The fourth-order valence-corrected chi connectivity index (χ4v) is 2.99. The summed E-state index contributed by atoms with van der Waals surface area (Å²) in [5, 5.41) is 5.24. The molecule has 5 nitrogen and oxygen atoms in total. The first-order chi connectivity index (χ1) is 12.2. The second-order valence-electron chi connectivity index (χ2n) is 5.61. The van der Waals surface area contributed by atoms with Crippen LogP contribution in [0.4, 0.5) is 0 Å². The molecule has 1 aromatic heterocycles. The number of aryl methyl sites for hydroxylation is 1. The molecule has 0 bridgehead atoms. The number of nitrogens with one attached hydrogen (secondary N) is 1. The van der Waals surface area contributed by atoms with E-state index in [0.717, 1.165) is 29.8 Å². The van der Waals surface area contributed by atoms with Gasteiger partial charge in [-0.15, -0.1) is 35.3 Å². The van der Waals surface area contributed by atoms with Crippen LogP contribution in [-0.2, 0) is 17.7 Å². The lowest BCUT2D eigenvalue weighted by molar-refractivity contribution is 0.110. The van der Waals surface area contributed by atoms with Crippen LogP contribution in [0.15, 0.2) is 40.7 Å². The van der Waals surface area contributed by atoms with Crippen molar-refractivity contribution in [2.75, 3.05) is 26.4 Å². The molecule has 7 heteroatoms. The van der Waals surface area contributed by atoms with Gasteiger partial charge in [0.05, 0.1) is 13.2 Å². The Balaban J connectivity index is 0.00000338. The van der Waals surface area contributed by atoms with E-state index in [1.54, 1.807) is 11.3 Å². The number of thiophene rings is 1. The molecule has 0 aliphatic rings. The number of rotatable bonds is 10. The molecule has 0 fully saturated rings. The summed E-state index contributed by atoms with van der Waals surface area (Å²) in [6.07, 6.45) is 0.949. The Kier molecular flexibility index (Phi) is 11.3. The van der Waals surface area contributed by atoms with Crippen molar-refractivity contribution in [2.45, 2.75) is 26.8 Å². The summed E-state index contributed by atoms with van der Waals surface area (Å²) < 4.78 is 11.1. The highest BCUT2D eigenvalue weighted by Crippen LogP contribution is 2.21. The molecular formula is C19H28IN3O2S. The van der Waals surface area contributed by atoms with Gasteiger partial charge in [-0.25, -0.2) is 4.99 Å². The summed E-state index contributed by atoms with van der Waals surface area (Å²) in [6, 6.07) is 10.3. The van der Waals surface area contributed by atoms with Crippen molar-refractivity contribution in [1.29, 1.82) is 0 Å². The number of hydrogen-bond acceptors (Lipinski definition) is 4. The zero-order valence-corrected chi connectivity index (χ0v) is 18.5. The Morgan fingerprint density at radius 2 is 2.12 bits per heavy atom. The molecule has 0 amide bonds. The van der Waals surface area contributed by atoms with E-state index in [-0.39, 0.29) is 24.0 Å². The molecule has 0 radical (unpaired) electrons. The van der Waals surface area contributed by atoms with E-state index < -0.39 is 0 Å². The predicted octanol–water partition coefficient (Wildman–Crippen LogP) is 3.74. The quantitative estimate of drug-likeness (QED) is 0.231. The number of benzene rings is 1. The minimum absolute atomic E-state index is 0. The zero-order valence-electron chi connectivity index (χ0n) is 15.4. The molecule has 0 spiro atoms. The van der Waals surface area contributed by atoms with Gasteiger partial charge in [0.25, 0.3) is 0 Å². The molecule has 0 unspecified atom stereocenters. The maximum Gasteiger partial charge on any atom is 0.188 e. The minimum atomic E-state index is 0. The van der Waals surface area contributed by atoms with Crippen LogP contribution in [0.3, 0.4) is 0 Å². The third kappa shape index (κ3) is 8.37. The highest BCUT2D eigenvalue weighted by Gasteiger charge is 2.04. The average Bonchev–Trinajstić information content (AvgIpc) is 3.11. The van der Waals surface area contributed by atoms with Gasteiger partial charge >= 0.3 is 0 Å². The van der Waals surface area contributed by atoms with Crippen LogP contribution in [0, 0.1) is 6.92 Å². The monoisotopic (exact) mass is 489 g/mol. The van der Waals surface area contributed by atoms with Gasteiger partial charge in [-0.05, 0) is 43.3 Å². The van der Waals surface area contributed by atoms with Crippen LogP contribution < -0.4 is 15.8 Å². The molecule has 26 heavy (non-hydrogen) atoms. The highest BCUT2D eigenvalue weighted by atomic mass is 127. The van der Waals surface area contributed by atoms with Crippen molar-refractivity contribution in [3.63, 3.8) is 0 Å². The summed E-state index contributed by atoms with van der Waals surface area (Å²) in [5.74, 6) is 1.30. The lowest BCUT2D eigenvalue weighted by Crippen LogP contribution is -2.33. The number of hydrogen-bond donors (Lipinski definition) is 2. The number of guanidine groups is 1. The summed E-state index contributed by atoms with van der Waals surface area (Å²) in [5.41, 5.74) is 8.13. The Bertz CT molecular complexity index is 663. The molecule has 0 aliphatic heterocycles. The van der Waals surface area contributed by atoms with Crippen LogP contribution in [0.5, 0.6) is 5.75 Å². The van der Waals surface area contributed by atoms with Gasteiger partial charge in [-0.2, -0.15) is 0 Å². The normalized spacial score (nSPS) is 11.1. The number of ether oxygens (including phenoxy) is 2. The van der Waals surface area contributed by atoms with Crippen molar-refractivity contribution >= 4 is 41.3 Å². The standard InChI is InChI=1S/C19H27N3O2S.HI/c1-3-23-10-11-24-18-13-15(2)6-7-16(18)14-22-19(20)21-9-8-17-5-4-12-25-17;/h4-7,12-13H,3,8-11,14H2,1-2H3,(H3,20,21,22);1H.